The van der Waals surface area contributed by atoms with Gasteiger partial charge in [0, 0.05) is 18.1 Å². The highest BCUT2D eigenvalue weighted by Crippen LogP contribution is 2.40. The Bertz CT molecular complexity index is 596. The van der Waals surface area contributed by atoms with Crippen molar-refractivity contribution in [3.63, 3.8) is 0 Å². The van der Waals surface area contributed by atoms with Crippen molar-refractivity contribution in [2.45, 2.75) is 12.2 Å². The minimum atomic E-state index is -1.46. The minimum Gasteiger partial charge on any atom is -0.298 e. The Morgan fingerprint density at radius 1 is 1.11 bits per heavy atom. The topological polar surface area (TPSA) is 3.24 Å². The molecule has 0 aromatic heterocycles. The number of alkyl halides is 1. The van der Waals surface area contributed by atoms with Gasteiger partial charge in [0.2, 0.25) is 0 Å². The van der Waals surface area contributed by atoms with Crippen LogP contribution in [0.2, 0.25) is 5.02 Å². The molecule has 0 amide bonds. The fraction of sp³-hybridized carbons (Fsp3) is 0.250. The monoisotopic (exact) mass is 275 g/mol. The van der Waals surface area contributed by atoms with Gasteiger partial charge in [-0.15, -0.1) is 0 Å². The number of halogens is 2. The molecule has 0 saturated carbocycles. The van der Waals surface area contributed by atoms with Gasteiger partial charge in [-0.25, -0.2) is 4.39 Å². The standard InChI is InChI=1S/C16H15ClFN/c1-19-10-12-4-2-3-5-15(12)16(18,11-19)13-6-8-14(17)9-7-13/h2-9H,10-11H2,1H3. The summed E-state index contributed by atoms with van der Waals surface area (Å²) in [6, 6.07) is 14.8. The van der Waals surface area contributed by atoms with Crippen molar-refractivity contribution in [3.05, 3.63) is 70.2 Å². The third-order valence-electron chi connectivity index (χ3n) is 3.67. The van der Waals surface area contributed by atoms with E-state index in [1.165, 1.54) is 0 Å². The molecule has 0 fully saturated rings. The SMILES string of the molecule is CN1Cc2ccccc2C(F)(c2ccc(Cl)cc2)C1. The van der Waals surface area contributed by atoms with Gasteiger partial charge in [0.15, 0.2) is 5.67 Å². The first kappa shape index (κ1) is 12.6. The van der Waals surface area contributed by atoms with E-state index < -0.39 is 5.67 Å². The maximum atomic E-state index is 15.6. The van der Waals surface area contributed by atoms with E-state index in [-0.39, 0.29) is 0 Å². The Morgan fingerprint density at radius 2 is 1.79 bits per heavy atom. The fourth-order valence-corrected chi connectivity index (χ4v) is 2.94. The Hall–Kier alpha value is -1.38. The molecule has 0 bridgehead atoms. The highest BCUT2D eigenvalue weighted by Gasteiger charge is 2.40. The maximum absolute atomic E-state index is 15.6. The molecule has 0 spiro atoms. The zero-order valence-corrected chi connectivity index (χ0v) is 11.5. The molecule has 0 aliphatic carbocycles. The van der Waals surface area contributed by atoms with Crippen LogP contribution in [-0.4, -0.2) is 18.5 Å². The summed E-state index contributed by atoms with van der Waals surface area (Å²) in [6.07, 6.45) is 0. The zero-order valence-electron chi connectivity index (χ0n) is 10.7. The van der Waals surface area contributed by atoms with Crippen LogP contribution < -0.4 is 0 Å². The number of benzene rings is 2. The van der Waals surface area contributed by atoms with E-state index in [2.05, 4.69) is 0 Å². The van der Waals surface area contributed by atoms with Crippen molar-refractivity contribution in [1.29, 1.82) is 0 Å². The van der Waals surface area contributed by atoms with E-state index >= 15 is 4.39 Å². The molecular formula is C16H15ClFN. The Labute approximate surface area is 117 Å². The second-order valence-electron chi connectivity index (χ2n) is 5.14. The first-order valence-corrected chi connectivity index (χ1v) is 6.69. The van der Waals surface area contributed by atoms with Crippen LogP contribution in [0.15, 0.2) is 48.5 Å². The molecule has 1 atom stereocenters. The van der Waals surface area contributed by atoms with Gasteiger partial charge in [0.25, 0.3) is 0 Å². The van der Waals surface area contributed by atoms with Crippen molar-refractivity contribution in [2.75, 3.05) is 13.6 Å². The van der Waals surface area contributed by atoms with Gasteiger partial charge in [0.05, 0.1) is 0 Å². The molecule has 1 unspecified atom stereocenters. The highest BCUT2D eigenvalue weighted by atomic mass is 35.5. The summed E-state index contributed by atoms with van der Waals surface area (Å²) in [4.78, 5) is 2.01. The molecule has 98 valence electrons. The summed E-state index contributed by atoms with van der Waals surface area (Å²) in [5.74, 6) is 0. The third-order valence-corrected chi connectivity index (χ3v) is 3.93. The molecule has 1 heterocycles. The van der Waals surface area contributed by atoms with Gasteiger partial charge in [-0.05, 0) is 35.9 Å². The van der Waals surface area contributed by atoms with Crippen LogP contribution in [0.25, 0.3) is 0 Å². The predicted octanol–water partition coefficient (Wildman–Crippen LogP) is 4.00. The lowest BCUT2D eigenvalue weighted by atomic mass is 9.82. The number of hydrogen-bond donors (Lipinski definition) is 0. The van der Waals surface area contributed by atoms with E-state index in [4.69, 9.17) is 11.6 Å². The fourth-order valence-electron chi connectivity index (χ4n) is 2.81. The van der Waals surface area contributed by atoms with E-state index in [9.17, 15) is 0 Å². The van der Waals surface area contributed by atoms with Gasteiger partial charge in [-0.2, -0.15) is 0 Å². The van der Waals surface area contributed by atoms with Crippen molar-refractivity contribution >= 4 is 11.6 Å². The highest BCUT2D eigenvalue weighted by molar-refractivity contribution is 6.30. The zero-order chi connectivity index (χ0) is 13.5. The van der Waals surface area contributed by atoms with Crippen LogP contribution >= 0.6 is 11.6 Å². The number of likely N-dealkylation sites (N-methyl/N-ethyl adjacent to an activating group) is 1. The molecule has 0 radical (unpaired) electrons. The molecule has 1 aliphatic rings. The average Bonchev–Trinajstić information content (AvgIpc) is 2.39. The van der Waals surface area contributed by atoms with E-state index in [0.29, 0.717) is 17.1 Å². The number of nitrogens with zero attached hydrogens (tertiary/aromatic N) is 1. The third kappa shape index (κ3) is 2.15. The summed E-state index contributed by atoms with van der Waals surface area (Å²) in [5.41, 5.74) is 1.02. The second-order valence-corrected chi connectivity index (χ2v) is 5.57. The molecule has 1 nitrogen and oxygen atoms in total. The Morgan fingerprint density at radius 3 is 2.53 bits per heavy atom. The van der Waals surface area contributed by atoms with E-state index in [1.807, 2.05) is 36.2 Å². The lowest BCUT2D eigenvalue weighted by molar-refractivity contribution is 0.121. The van der Waals surface area contributed by atoms with Crippen LogP contribution in [-0.2, 0) is 12.2 Å². The molecular weight excluding hydrogens is 261 g/mol. The minimum absolute atomic E-state index is 0.367. The summed E-state index contributed by atoms with van der Waals surface area (Å²) in [5, 5.41) is 0.629. The van der Waals surface area contributed by atoms with Crippen LogP contribution in [0.3, 0.4) is 0 Å². The smallest absolute Gasteiger partial charge is 0.173 e. The number of fused-ring (bicyclic) bond motifs is 1. The van der Waals surface area contributed by atoms with Gasteiger partial charge < -0.3 is 0 Å². The first-order chi connectivity index (χ1) is 9.09. The van der Waals surface area contributed by atoms with Crippen LogP contribution in [0.4, 0.5) is 4.39 Å². The molecule has 2 aromatic rings. The van der Waals surface area contributed by atoms with Crippen LogP contribution in [0, 0.1) is 0 Å². The predicted molar refractivity (Wildman–Crippen MR) is 76.1 cm³/mol. The van der Waals surface area contributed by atoms with Gasteiger partial charge in [0.1, 0.15) is 0 Å². The normalized spacial score (nSPS) is 23.1. The molecule has 19 heavy (non-hydrogen) atoms. The lowest BCUT2D eigenvalue weighted by Gasteiger charge is -2.37. The average molecular weight is 276 g/mol. The summed E-state index contributed by atoms with van der Waals surface area (Å²) < 4.78 is 15.6. The summed E-state index contributed by atoms with van der Waals surface area (Å²) in [6.45, 7) is 1.15. The van der Waals surface area contributed by atoms with E-state index in [1.54, 1.807) is 24.3 Å². The van der Waals surface area contributed by atoms with Crippen molar-refractivity contribution in [1.82, 2.24) is 4.90 Å². The van der Waals surface area contributed by atoms with Gasteiger partial charge in [-0.1, -0.05) is 48.0 Å². The summed E-state index contributed by atoms with van der Waals surface area (Å²) in [7, 11) is 1.94. The molecule has 0 saturated heterocycles. The van der Waals surface area contributed by atoms with Crippen LogP contribution in [0.1, 0.15) is 16.7 Å². The number of hydrogen-bond acceptors (Lipinski definition) is 1. The first-order valence-electron chi connectivity index (χ1n) is 6.31. The van der Waals surface area contributed by atoms with E-state index in [0.717, 1.165) is 17.7 Å². The maximum Gasteiger partial charge on any atom is 0.173 e. The van der Waals surface area contributed by atoms with Gasteiger partial charge >= 0.3 is 0 Å². The van der Waals surface area contributed by atoms with Crippen molar-refractivity contribution in [3.8, 4) is 0 Å². The molecule has 0 N–H and O–H groups in total. The molecule has 2 aromatic carbocycles. The van der Waals surface area contributed by atoms with Crippen molar-refractivity contribution < 1.29 is 4.39 Å². The van der Waals surface area contributed by atoms with Crippen molar-refractivity contribution in [2.24, 2.45) is 0 Å². The molecule has 1 aliphatic heterocycles. The quantitative estimate of drug-likeness (QED) is 0.760. The molecule has 3 heteroatoms. The second kappa shape index (κ2) is 4.62. The lowest BCUT2D eigenvalue weighted by Crippen LogP contribution is -2.41. The Kier molecular flexibility index (Phi) is 3.08. The summed E-state index contributed by atoms with van der Waals surface area (Å²) >= 11 is 5.89. The number of rotatable bonds is 1. The molecule has 3 rings (SSSR count). The largest absolute Gasteiger partial charge is 0.298 e. The van der Waals surface area contributed by atoms with Crippen LogP contribution in [0.5, 0.6) is 0 Å². The Balaban J connectivity index is 2.15. The van der Waals surface area contributed by atoms with Gasteiger partial charge in [-0.3, -0.25) is 4.90 Å².